The third-order valence-corrected chi connectivity index (χ3v) is 5.64. The molecule has 0 aliphatic carbocycles. The Kier molecular flexibility index (Phi) is 6.32. The van der Waals surface area contributed by atoms with Gasteiger partial charge in [-0.2, -0.15) is 0 Å². The molecule has 0 amide bonds. The minimum atomic E-state index is 0.472. The fourth-order valence-electron chi connectivity index (χ4n) is 4.07. The van der Waals surface area contributed by atoms with Crippen molar-refractivity contribution in [1.29, 1.82) is 0 Å². The number of carbonyl (C=O) groups excluding carboxylic acids is 1. The third-order valence-electron chi connectivity index (χ3n) is 5.64. The maximum absolute atomic E-state index is 11.5. The van der Waals surface area contributed by atoms with E-state index in [1.165, 1.54) is 16.1 Å². The summed E-state index contributed by atoms with van der Waals surface area (Å²) in [4.78, 5) is 14.0. The number of hydrazine groups is 1. The van der Waals surface area contributed by atoms with Crippen molar-refractivity contribution in [3.05, 3.63) is 71.8 Å². The number of nitrogen functional groups attached to an aromatic ring is 1. The molecule has 4 rings (SSSR count). The van der Waals surface area contributed by atoms with E-state index in [0.717, 1.165) is 55.8 Å². The topological polar surface area (TPSA) is 84.8 Å². The molecular formula is C25H28N4O2. The number of aldehydes is 1. The minimum Gasteiger partial charge on any atom is -0.397 e. The molecule has 160 valence electrons. The molecule has 1 aliphatic rings. The Morgan fingerprint density at radius 2 is 1.65 bits per heavy atom. The van der Waals surface area contributed by atoms with Gasteiger partial charge in [0.1, 0.15) is 0 Å². The highest BCUT2D eigenvalue weighted by molar-refractivity contribution is 5.93. The first-order valence-corrected chi connectivity index (χ1v) is 10.4. The van der Waals surface area contributed by atoms with Crippen molar-refractivity contribution in [2.75, 3.05) is 44.1 Å². The molecule has 4 N–H and O–H groups in total. The quantitative estimate of drug-likeness (QED) is 0.277. The highest BCUT2D eigenvalue weighted by atomic mass is 16.5. The van der Waals surface area contributed by atoms with E-state index < -0.39 is 0 Å². The summed E-state index contributed by atoms with van der Waals surface area (Å²) in [7, 11) is 1.67. The molecule has 0 saturated carbocycles. The number of nitrogens with two attached hydrogens (primary N) is 2. The van der Waals surface area contributed by atoms with E-state index in [-0.39, 0.29) is 0 Å². The fourth-order valence-corrected chi connectivity index (χ4v) is 4.07. The van der Waals surface area contributed by atoms with E-state index in [0.29, 0.717) is 16.9 Å². The lowest BCUT2D eigenvalue weighted by molar-refractivity contribution is 0.0342. The van der Waals surface area contributed by atoms with Gasteiger partial charge in [0.2, 0.25) is 0 Å². The van der Waals surface area contributed by atoms with Crippen LogP contribution in [0.3, 0.4) is 0 Å². The summed E-state index contributed by atoms with van der Waals surface area (Å²) in [6.45, 7) is 4.50. The second-order valence-electron chi connectivity index (χ2n) is 7.90. The van der Waals surface area contributed by atoms with Gasteiger partial charge < -0.3 is 15.5 Å². The highest BCUT2D eigenvalue weighted by Crippen LogP contribution is 2.32. The van der Waals surface area contributed by atoms with Gasteiger partial charge in [0.25, 0.3) is 0 Å². The third kappa shape index (κ3) is 4.77. The minimum absolute atomic E-state index is 0.472. The molecule has 1 aliphatic heterocycles. The molecule has 0 unspecified atom stereocenters. The van der Waals surface area contributed by atoms with E-state index in [9.17, 15) is 4.79 Å². The van der Waals surface area contributed by atoms with Gasteiger partial charge in [0.05, 0.1) is 24.6 Å². The molecule has 31 heavy (non-hydrogen) atoms. The largest absolute Gasteiger partial charge is 0.397 e. The first kappa shape index (κ1) is 21.1. The van der Waals surface area contributed by atoms with Crippen LogP contribution in [0.15, 0.2) is 60.7 Å². The van der Waals surface area contributed by atoms with Gasteiger partial charge in [-0.25, -0.2) is 5.84 Å². The molecule has 1 saturated heterocycles. The molecule has 6 heteroatoms. The zero-order valence-electron chi connectivity index (χ0n) is 17.8. The van der Waals surface area contributed by atoms with Gasteiger partial charge in [-0.05, 0) is 46.0 Å². The number of benzene rings is 3. The van der Waals surface area contributed by atoms with E-state index in [1.54, 1.807) is 7.05 Å². The summed E-state index contributed by atoms with van der Waals surface area (Å²) >= 11 is 0. The molecular weight excluding hydrogens is 388 g/mol. The summed E-state index contributed by atoms with van der Waals surface area (Å²) in [5, 5.41) is 1.37. The fraction of sp³-hybridized carbons (Fsp3) is 0.240. The van der Waals surface area contributed by atoms with Crippen molar-refractivity contribution in [3.8, 4) is 22.3 Å². The van der Waals surface area contributed by atoms with Crippen molar-refractivity contribution in [2.45, 2.75) is 6.54 Å². The molecule has 0 radical (unpaired) electrons. The number of rotatable bonds is 6. The summed E-state index contributed by atoms with van der Waals surface area (Å²) in [5.74, 6) is 5.82. The normalized spacial score (nSPS) is 14.4. The molecule has 0 atom stereocenters. The second kappa shape index (κ2) is 9.31. The Hall–Kier alpha value is -3.19. The first-order valence-electron chi connectivity index (χ1n) is 10.4. The van der Waals surface area contributed by atoms with Gasteiger partial charge in [0, 0.05) is 32.2 Å². The van der Waals surface area contributed by atoms with E-state index in [2.05, 4.69) is 53.4 Å². The van der Waals surface area contributed by atoms with Crippen LogP contribution in [0.2, 0.25) is 0 Å². The lowest BCUT2D eigenvalue weighted by Gasteiger charge is -2.26. The van der Waals surface area contributed by atoms with Crippen LogP contribution in [0.5, 0.6) is 0 Å². The summed E-state index contributed by atoms with van der Waals surface area (Å²) < 4.78 is 5.44. The maximum atomic E-state index is 11.5. The molecule has 3 aromatic rings. The lowest BCUT2D eigenvalue weighted by atomic mass is 9.97. The van der Waals surface area contributed by atoms with Crippen LogP contribution in [0.1, 0.15) is 15.9 Å². The number of hydrogen-bond acceptors (Lipinski definition) is 6. The van der Waals surface area contributed by atoms with E-state index in [1.807, 2.05) is 12.1 Å². The van der Waals surface area contributed by atoms with E-state index in [4.69, 9.17) is 16.3 Å². The Balaban J connectivity index is 1.57. The number of morpholine rings is 1. The zero-order chi connectivity index (χ0) is 21.8. The van der Waals surface area contributed by atoms with Gasteiger partial charge >= 0.3 is 0 Å². The Morgan fingerprint density at radius 3 is 2.29 bits per heavy atom. The predicted octanol–water partition coefficient (Wildman–Crippen LogP) is 3.56. The average molecular weight is 417 g/mol. The smallest absolute Gasteiger partial charge is 0.152 e. The molecule has 3 aromatic carbocycles. The molecule has 6 nitrogen and oxygen atoms in total. The molecule has 0 spiro atoms. The zero-order valence-corrected chi connectivity index (χ0v) is 17.8. The Labute approximate surface area is 183 Å². The van der Waals surface area contributed by atoms with Crippen LogP contribution in [-0.4, -0.2) is 44.5 Å². The lowest BCUT2D eigenvalue weighted by Crippen LogP contribution is -2.35. The molecule has 0 bridgehead atoms. The SMILES string of the molecule is CN(N)c1c(N)cc(-c2ccc(-c3cccc(CN4CCOCC4)c3)cc2)cc1C=O. The number of ether oxygens (including phenoxy) is 1. The van der Waals surface area contributed by atoms with Crippen LogP contribution in [-0.2, 0) is 11.3 Å². The van der Waals surface area contributed by atoms with E-state index >= 15 is 0 Å². The first-order chi connectivity index (χ1) is 15.0. The molecule has 1 fully saturated rings. The van der Waals surface area contributed by atoms with Gasteiger partial charge in [-0.15, -0.1) is 0 Å². The monoisotopic (exact) mass is 416 g/mol. The number of anilines is 2. The maximum Gasteiger partial charge on any atom is 0.152 e. The summed E-state index contributed by atoms with van der Waals surface area (Å²) in [6, 6.07) is 20.6. The van der Waals surface area contributed by atoms with Crippen LogP contribution in [0, 0.1) is 0 Å². The van der Waals surface area contributed by atoms with Gasteiger partial charge in [-0.3, -0.25) is 9.69 Å². The van der Waals surface area contributed by atoms with Crippen molar-refractivity contribution in [1.82, 2.24) is 4.90 Å². The van der Waals surface area contributed by atoms with Crippen LogP contribution in [0.25, 0.3) is 22.3 Å². The van der Waals surface area contributed by atoms with Crippen molar-refractivity contribution in [2.24, 2.45) is 5.84 Å². The highest BCUT2D eigenvalue weighted by Gasteiger charge is 2.13. The van der Waals surface area contributed by atoms with Crippen LogP contribution >= 0.6 is 0 Å². The average Bonchev–Trinajstić information content (AvgIpc) is 2.79. The number of hydrogen-bond donors (Lipinski definition) is 2. The number of nitrogens with zero attached hydrogens (tertiary/aromatic N) is 2. The number of carbonyl (C=O) groups is 1. The summed E-state index contributed by atoms with van der Waals surface area (Å²) in [6.07, 6.45) is 0.785. The predicted molar refractivity (Wildman–Crippen MR) is 126 cm³/mol. The molecule has 0 aromatic heterocycles. The van der Waals surface area contributed by atoms with Crippen molar-refractivity contribution >= 4 is 17.7 Å². The van der Waals surface area contributed by atoms with Crippen molar-refractivity contribution in [3.63, 3.8) is 0 Å². The Bertz CT molecular complexity index is 1060. The van der Waals surface area contributed by atoms with Crippen LogP contribution < -0.4 is 16.6 Å². The van der Waals surface area contributed by atoms with Gasteiger partial charge in [-0.1, -0.05) is 42.5 Å². The summed E-state index contributed by atoms with van der Waals surface area (Å²) in [5.41, 5.74) is 13.2. The van der Waals surface area contributed by atoms with Crippen LogP contribution in [0.4, 0.5) is 11.4 Å². The van der Waals surface area contributed by atoms with Gasteiger partial charge in [0.15, 0.2) is 6.29 Å². The standard InChI is InChI=1S/C25H28N4O2/c1-28(27)25-23(17-30)14-22(15-24(25)26)20-7-5-19(6-8-20)21-4-2-3-18(13-21)16-29-9-11-31-12-10-29/h2-8,13-15,17H,9-12,16,26-27H2,1H3. The molecule has 1 heterocycles. The second-order valence-corrected chi connectivity index (χ2v) is 7.90. The Morgan fingerprint density at radius 1 is 0.968 bits per heavy atom. The van der Waals surface area contributed by atoms with Crippen molar-refractivity contribution < 1.29 is 9.53 Å².